The van der Waals surface area contributed by atoms with Crippen LogP contribution in [0.5, 0.6) is 0 Å². The molecule has 6 nitrogen and oxygen atoms in total. The van der Waals surface area contributed by atoms with Crippen molar-refractivity contribution in [2.45, 2.75) is 19.4 Å². The van der Waals surface area contributed by atoms with Crippen molar-refractivity contribution in [3.8, 4) is 28.6 Å². The maximum absolute atomic E-state index is 9.33. The Kier molecular flexibility index (Phi) is 5.91. The molecule has 1 N–H and O–H groups in total. The van der Waals surface area contributed by atoms with E-state index in [0.717, 1.165) is 44.7 Å². The number of pyridine rings is 2. The molecule has 0 spiro atoms. The summed E-state index contributed by atoms with van der Waals surface area (Å²) in [6.45, 7) is 2.38. The topological polar surface area (TPSA) is 87.4 Å². The van der Waals surface area contributed by atoms with Gasteiger partial charge < -0.3 is 5.32 Å². The molecule has 0 aliphatic carbocycles. The van der Waals surface area contributed by atoms with Crippen LogP contribution in [-0.2, 0) is 6.54 Å². The zero-order valence-electron chi connectivity index (χ0n) is 18.7. The third kappa shape index (κ3) is 4.32. The van der Waals surface area contributed by atoms with Gasteiger partial charge in [0.2, 0.25) is 0 Å². The molecule has 5 rings (SSSR count). The number of hydrogen-bond acceptors (Lipinski definition) is 6. The normalized spacial score (nSPS) is 11.6. The summed E-state index contributed by atoms with van der Waals surface area (Å²) in [6.07, 6.45) is 5.23. The summed E-state index contributed by atoms with van der Waals surface area (Å²) in [7, 11) is 0. The van der Waals surface area contributed by atoms with Gasteiger partial charge in [-0.25, -0.2) is 9.97 Å². The fraction of sp³-hybridized carbons (Fsp3) is 0.107. The Bertz CT molecular complexity index is 1480. The van der Waals surface area contributed by atoms with E-state index in [1.807, 2.05) is 61.5 Å². The van der Waals surface area contributed by atoms with Crippen molar-refractivity contribution in [2.75, 3.05) is 5.32 Å². The highest BCUT2D eigenvalue weighted by atomic mass is 15.0. The first kappa shape index (κ1) is 21.2. The lowest BCUT2D eigenvalue weighted by molar-refractivity contribution is 0.966. The lowest BCUT2D eigenvalue weighted by Gasteiger charge is -2.15. The van der Waals surface area contributed by atoms with Crippen molar-refractivity contribution in [1.29, 1.82) is 5.26 Å². The second-order valence-corrected chi connectivity index (χ2v) is 7.99. The number of fused-ring (bicyclic) bond motifs is 1. The molecule has 1 atom stereocenters. The lowest BCUT2D eigenvalue weighted by atomic mass is 10.00. The van der Waals surface area contributed by atoms with Gasteiger partial charge in [0.25, 0.3) is 0 Å². The SMILES string of the molecule is CC(C#N)c1cncc(-c2nc(NCc3ccccn3)c3c(-c4ccccc4)cccc3n2)c1. The predicted molar refractivity (Wildman–Crippen MR) is 134 cm³/mol. The van der Waals surface area contributed by atoms with Crippen LogP contribution in [0.1, 0.15) is 24.1 Å². The number of benzene rings is 2. The van der Waals surface area contributed by atoms with Crippen molar-refractivity contribution in [2.24, 2.45) is 0 Å². The van der Waals surface area contributed by atoms with Gasteiger partial charge in [0.05, 0.1) is 35.1 Å². The number of anilines is 1. The Balaban J connectivity index is 1.67. The molecule has 3 aromatic heterocycles. The number of rotatable bonds is 6. The first-order valence-corrected chi connectivity index (χ1v) is 11.1. The molecule has 6 heteroatoms. The predicted octanol–water partition coefficient (Wildman–Crippen LogP) is 5.99. The van der Waals surface area contributed by atoms with Gasteiger partial charge in [-0.15, -0.1) is 0 Å². The first-order valence-electron chi connectivity index (χ1n) is 11.1. The third-order valence-corrected chi connectivity index (χ3v) is 5.68. The molecular weight excluding hydrogens is 420 g/mol. The average Bonchev–Trinajstić information content (AvgIpc) is 2.92. The van der Waals surface area contributed by atoms with Crippen LogP contribution in [-0.4, -0.2) is 19.9 Å². The first-order chi connectivity index (χ1) is 16.7. The van der Waals surface area contributed by atoms with Gasteiger partial charge in [-0.2, -0.15) is 5.26 Å². The van der Waals surface area contributed by atoms with Gasteiger partial charge >= 0.3 is 0 Å². The van der Waals surface area contributed by atoms with Crippen molar-refractivity contribution in [3.05, 3.63) is 103 Å². The van der Waals surface area contributed by atoms with E-state index in [2.05, 4.69) is 39.6 Å². The Morgan fingerprint density at radius 1 is 0.912 bits per heavy atom. The lowest BCUT2D eigenvalue weighted by Crippen LogP contribution is -2.06. The van der Waals surface area contributed by atoms with E-state index in [9.17, 15) is 5.26 Å². The Hall–Kier alpha value is -4.63. The molecule has 5 aromatic rings. The Morgan fingerprint density at radius 3 is 2.56 bits per heavy atom. The fourth-order valence-corrected chi connectivity index (χ4v) is 3.87. The number of hydrogen-bond donors (Lipinski definition) is 1. The summed E-state index contributed by atoms with van der Waals surface area (Å²) in [5.74, 6) is 1.02. The van der Waals surface area contributed by atoms with E-state index in [4.69, 9.17) is 9.97 Å². The highest BCUT2D eigenvalue weighted by Gasteiger charge is 2.15. The minimum absolute atomic E-state index is 0.264. The average molecular weight is 443 g/mol. The minimum atomic E-state index is -0.264. The molecule has 0 aliphatic heterocycles. The van der Waals surface area contributed by atoms with Gasteiger partial charge in [0.15, 0.2) is 5.82 Å². The molecule has 0 aliphatic rings. The summed E-state index contributed by atoms with van der Waals surface area (Å²) in [6, 6.07) is 26.4. The molecule has 3 heterocycles. The molecule has 0 amide bonds. The molecule has 34 heavy (non-hydrogen) atoms. The van der Waals surface area contributed by atoms with Crippen molar-refractivity contribution >= 4 is 16.7 Å². The summed E-state index contributed by atoms with van der Waals surface area (Å²) in [5, 5.41) is 13.8. The smallest absolute Gasteiger partial charge is 0.163 e. The maximum atomic E-state index is 9.33. The van der Waals surface area contributed by atoms with Crippen molar-refractivity contribution < 1.29 is 0 Å². The second kappa shape index (κ2) is 9.47. The highest BCUT2D eigenvalue weighted by Crippen LogP contribution is 2.34. The zero-order valence-corrected chi connectivity index (χ0v) is 18.7. The number of nitrogens with one attached hydrogen (secondary N) is 1. The summed E-state index contributed by atoms with van der Waals surface area (Å²) in [5.41, 5.74) is 5.50. The molecule has 0 saturated carbocycles. The maximum Gasteiger partial charge on any atom is 0.163 e. The van der Waals surface area contributed by atoms with E-state index in [0.29, 0.717) is 12.4 Å². The van der Waals surface area contributed by atoms with Crippen LogP contribution in [0.15, 0.2) is 91.4 Å². The van der Waals surface area contributed by atoms with Gasteiger partial charge in [-0.3, -0.25) is 9.97 Å². The quantitative estimate of drug-likeness (QED) is 0.347. The van der Waals surface area contributed by atoms with E-state index in [-0.39, 0.29) is 5.92 Å². The largest absolute Gasteiger partial charge is 0.364 e. The van der Waals surface area contributed by atoms with E-state index >= 15 is 0 Å². The van der Waals surface area contributed by atoms with Crippen LogP contribution in [0, 0.1) is 11.3 Å². The third-order valence-electron chi connectivity index (χ3n) is 5.68. The summed E-state index contributed by atoms with van der Waals surface area (Å²) >= 11 is 0. The number of nitrogens with zero attached hydrogens (tertiary/aromatic N) is 5. The van der Waals surface area contributed by atoms with Crippen LogP contribution in [0.4, 0.5) is 5.82 Å². The van der Waals surface area contributed by atoms with Crippen LogP contribution < -0.4 is 5.32 Å². The second-order valence-electron chi connectivity index (χ2n) is 7.99. The highest BCUT2D eigenvalue weighted by molar-refractivity contribution is 6.02. The monoisotopic (exact) mass is 442 g/mol. The zero-order chi connectivity index (χ0) is 23.3. The van der Waals surface area contributed by atoms with E-state index in [1.54, 1.807) is 18.6 Å². The summed E-state index contributed by atoms with van der Waals surface area (Å²) in [4.78, 5) is 18.6. The van der Waals surface area contributed by atoms with E-state index in [1.165, 1.54) is 0 Å². The van der Waals surface area contributed by atoms with Gasteiger partial charge in [0.1, 0.15) is 5.82 Å². The number of nitriles is 1. The Labute approximate surface area is 198 Å². The molecule has 0 fully saturated rings. The molecule has 0 saturated heterocycles. The molecular formula is C28H22N6. The van der Waals surface area contributed by atoms with Crippen LogP contribution in [0.3, 0.4) is 0 Å². The van der Waals surface area contributed by atoms with Crippen molar-refractivity contribution in [1.82, 2.24) is 19.9 Å². The number of aromatic nitrogens is 4. The van der Waals surface area contributed by atoms with Gasteiger partial charge in [0, 0.05) is 24.2 Å². The van der Waals surface area contributed by atoms with Gasteiger partial charge in [-0.1, -0.05) is 48.5 Å². The standard InChI is InChI=1S/C28H22N6/c1-19(15-29)21-14-22(17-30-16-21)27-33-25-12-7-11-24(20-8-3-2-4-9-20)26(25)28(34-27)32-18-23-10-5-6-13-31-23/h2-14,16-17,19H,18H2,1H3,(H,32,33,34). The van der Waals surface area contributed by atoms with Crippen molar-refractivity contribution in [3.63, 3.8) is 0 Å². The van der Waals surface area contributed by atoms with Gasteiger partial charge in [-0.05, 0) is 47.9 Å². The fourth-order valence-electron chi connectivity index (χ4n) is 3.87. The Morgan fingerprint density at radius 2 is 1.76 bits per heavy atom. The van der Waals surface area contributed by atoms with Crippen LogP contribution in [0.2, 0.25) is 0 Å². The molecule has 164 valence electrons. The van der Waals surface area contributed by atoms with Crippen LogP contribution >= 0.6 is 0 Å². The molecule has 0 bridgehead atoms. The molecule has 2 aromatic carbocycles. The van der Waals surface area contributed by atoms with E-state index < -0.39 is 0 Å². The van der Waals surface area contributed by atoms with Crippen LogP contribution in [0.25, 0.3) is 33.4 Å². The molecule has 1 unspecified atom stereocenters. The summed E-state index contributed by atoms with van der Waals surface area (Å²) < 4.78 is 0. The molecule has 0 radical (unpaired) electrons. The minimum Gasteiger partial charge on any atom is -0.364 e.